The van der Waals surface area contributed by atoms with Gasteiger partial charge in [0.05, 0.1) is 0 Å². The van der Waals surface area contributed by atoms with Crippen LogP contribution in [0.4, 0.5) is 0 Å². The molecule has 1 heterocycles. The third-order valence-electron chi connectivity index (χ3n) is 2.08. The van der Waals surface area contributed by atoms with Crippen molar-refractivity contribution in [3.05, 3.63) is 33.6 Å². The fourth-order valence-electron chi connectivity index (χ4n) is 1.33. The molecular weight excluding hydrogens is 244 g/mol. The first-order valence-corrected chi connectivity index (χ1v) is 5.97. The van der Waals surface area contributed by atoms with Crippen molar-refractivity contribution in [1.82, 2.24) is 0 Å². The number of hydrogen-bond donors (Lipinski definition) is 0. The van der Waals surface area contributed by atoms with Crippen LogP contribution in [0.2, 0.25) is 0 Å². The van der Waals surface area contributed by atoms with Crippen molar-refractivity contribution in [3.63, 3.8) is 0 Å². The van der Waals surface area contributed by atoms with E-state index in [0.717, 1.165) is 0 Å². The lowest BCUT2D eigenvalue weighted by Crippen LogP contribution is -1.77. The second-order valence-electron chi connectivity index (χ2n) is 3.46. The molecule has 2 heteroatoms. The molecule has 0 aliphatic carbocycles. The van der Waals surface area contributed by atoms with Gasteiger partial charge in [-0.3, -0.25) is 0 Å². The van der Waals surface area contributed by atoms with Gasteiger partial charge in [-0.25, -0.2) is 0 Å². The van der Waals surface area contributed by atoms with Crippen LogP contribution < -0.4 is 0 Å². The molecule has 1 aromatic heterocycles. The van der Waals surface area contributed by atoms with Crippen molar-refractivity contribution in [2.24, 2.45) is 0 Å². The van der Waals surface area contributed by atoms with Gasteiger partial charge in [0.1, 0.15) is 0 Å². The van der Waals surface area contributed by atoms with E-state index in [-0.39, 0.29) is 0 Å². The average molecular weight is 255 g/mol. The quantitative estimate of drug-likeness (QED) is 0.687. The van der Waals surface area contributed by atoms with E-state index in [4.69, 9.17) is 0 Å². The minimum absolute atomic E-state index is 0.629. The fourth-order valence-corrected chi connectivity index (χ4v) is 3.02. The van der Waals surface area contributed by atoms with Crippen molar-refractivity contribution in [2.75, 3.05) is 0 Å². The Morgan fingerprint density at radius 3 is 2.69 bits per heavy atom. The highest BCUT2D eigenvalue weighted by Crippen LogP contribution is 2.34. The maximum Gasteiger partial charge on any atom is 0.0487 e. The molecule has 0 spiro atoms. The molecule has 0 aliphatic heterocycles. The summed E-state index contributed by atoms with van der Waals surface area (Å²) >= 11 is 5.45. The van der Waals surface area contributed by atoms with Gasteiger partial charge in [0.15, 0.2) is 0 Å². The Kier molecular flexibility index (Phi) is 2.43. The molecule has 0 amide bonds. The number of thiophene rings is 1. The SMILES string of the molecule is CC(C)c1cc2cccc(Br)c2s1. The molecule has 13 heavy (non-hydrogen) atoms. The Bertz CT molecular complexity index is 429. The second kappa shape index (κ2) is 3.43. The fraction of sp³-hybridized carbons (Fsp3) is 0.273. The molecule has 0 aliphatic rings. The zero-order chi connectivity index (χ0) is 9.42. The zero-order valence-electron chi connectivity index (χ0n) is 7.67. The summed E-state index contributed by atoms with van der Waals surface area (Å²) in [5, 5.41) is 1.35. The molecule has 0 nitrogen and oxygen atoms in total. The van der Waals surface area contributed by atoms with Gasteiger partial charge in [0.25, 0.3) is 0 Å². The number of benzene rings is 1. The van der Waals surface area contributed by atoms with E-state index in [2.05, 4.69) is 54.0 Å². The van der Waals surface area contributed by atoms with E-state index in [1.807, 2.05) is 11.3 Å². The van der Waals surface area contributed by atoms with Crippen molar-refractivity contribution in [2.45, 2.75) is 19.8 Å². The topological polar surface area (TPSA) is 0 Å². The summed E-state index contributed by atoms with van der Waals surface area (Å²) in [6.45, 7) is 4.47. The van der Waals surface area contributed by atoms with Gasteiger partial charge in [-0.15, -0.1) is 11.3 Å². The van der Waals surface area contributed by atoms with Gasteiger partial charge < -0.3 is 0 Å². The molecule has 0 N–H and O–H groups in total. The maximum absolute atomic E-state index is 3.57. The predicted octanol–water partition coefficient (Wildman–Crippen LogP) is 4.79. The Hall–Kier alpha value is -0.340. The summed E-state index contributed by atoms with van der Waals surface area (Å²) in [5.41, 5.74) is 0. The molecule has 0 atom stereocenters. The van der Waals surface area contributed by atoms with Crippen LogP contribution in [-0.4, -0.2) is 0 Å². The number of hydrogen-bond acceptors (Lipinski definition) is 1. The maximum atomic E-state index is 3.57. The van der Waals surface area contributed by atoms with E-state index < -0.39 is 0 Å². The summed E-state index contributed by atoms with van der Waals surface area (Å²) in [6.07, 6.45) is 0. The van der Waals surface area contributed by atoms with Crippen molar-refractivity contribution < 1.29 is 0 Å². The van der Waals surface area contributed by atoms with Crippen LogP contribution in [0.1, 0.15) is 24.6 Å². The third kappa shape index (κ3) is 1.65. The van der Waals surface area contributed by atoms with Gasteiger partial charge in [-0.1, -0.05) is 26.0 Å². The second-order valence-corrected chi connectivity index (χ2v) is 5.40. The summed E-state index contributed by atoms with van der Waals surface area (Å²) in [4.78, 5) is 1.46. The number of rotatable bonds is 1. The molecule has 2 aromatic rings. The zero-order valence-corrected chi connectivity index (χ0v) is 10.1. The standard InChI is InChI=1S/C11H11BrS/c1-7(2)10-6-8-4-3-5-9(12)11(8)13-10/h3-7H,1-2H3. The Labute approximate surface area is 90.7 Å². The minimum Gasteiger partial charge on any atom is -0.139 e. The van der Waals surface area contributed by atoms with Crippen LogP contribution in [0.15, 0.2) is 28.7 Å². The lowest BCUT2D eigenvalue weighted by Gasteiger charge is -1.96. The molecule has 0 fully saturated rings. The number of fused-ring (bicyclic) bond motifs is 1. The van der Waals surface area contributed by atoms with E-state index in [0.29, 0.717) is 5.92 Å². The normalized spacial score (nSPS) is 11.4. The van der Waals surface area contributed by atoms with E-state index in [9.17, 15) is 0 Å². The first-order chi connectivity index (χ1) is 6.18. The predicted molar refractivity (Wildman–Crippen MR) is 63.6 cm³/mol. The number of halogens is 1. The summed E-state index contributed by atoms with van der Waals surface area (Å²) in [5.74, 6) is 0.629. The monoisotopic (exact) mass is 254 g/mol. The first kappa shape index (κ1) is 9.22. The highest BCUT2D eigenvalue weighted by molar-refractivity contribution is 9.10. The molecule has 0 unspecified atom stereocenters. The van der Waals surface area contributed by atoms with Crippen LogP contribution in [0.25, 0.3) is 10.1 Å². The Balaban J connectivity index is 2.68. The lowest BCUT2D eigenvalue weighted by molar-refractivity contribution is 0.890. The summed E-state index contributed by atoms with van der Waals surface area (Å²) in [6, 6.07) is 8.64. The van der Waals surface area contributed by atoms with Gasteiger partial charge in [0, 0.05) is 14.0 Å². The summed E-state index contributed by atoms with van der Waals surface area (Å²) in [7, 11) is 0. The van der Waals surface area contributed by atoms with Crippen LogP contribution >= 0.6 is 27.3 Å². The van der Waals surface area contributed by atoms with Crippen molar-refractivity contribution >= 4 is 37.4 Å². The highest BCUT2D eigenvalue weighted by Gasteiger charge is 2.06. The molecular formula is C11H11BrS. The van der Waals surface area contributed by atoms with Gasteiger partial charge in [-0.05, 0) is 39.4 Å². The third-order valence-corrected chi connectivity index (χ3v) is 4.49. The van der Waals surface area contributed by atoms with E-state index in [1.165, 1.54) is 19.4 Å². The van der Waals surface area contributed by atoms with Gasteiger partial charge >= 0.3 is 0 Å². The molecule has 0 saturated carbocycles. The Morgan fingerprint density at radius 2 is 2.08 bits per heavy atom. The van der Waals surface area contributed by atoms with Crippen molar-refractivity contribution in [1.29, 1.82) is 0 Å². The van der Waals surface area contributed by atoms with E-state index in [1.54, 1.807) is 0 Å². The lowest BCUT2D eigenvalue weighted by atomic mass is 10.1. The molecule has 1 aromatic carbocycles. The van der Waals surface area contributed by atoms with Crippen LogP contribution in [0, 0.1) is 0 Å². The van der Waals surface area contributed by atoms with Crippen LogP contribution in [-0.2, 0) is 0 Å². The Morgan fingerprint density at radius 1 is 1.31 bits per heavy atom. The highest BCUT2D eigenvalue weighted by atomic mass is 79.9. The van der Waals surface area contributed by atoms with Crippen LogP contribution in [0.5, 0.6) is 0 Å². The van der Waals surface area contributed by atoms with E-state index >= 15 is 0 Å². The molecule has 2 rings (SSSR count). The van der Waals surface area contributed by atoms with Crippen molar-refractivity contribution in [3.8, 4) is 0 Å². The first-order valence-electron chi connectivity index (χ1n) is 4.36. The largest absolute Gasteiger partial charge is 0.139 e. The molecule has 68 valence electrons. The molecule has 0 bridgehead atoms. The minimum atomic E-state index is 0.629. The molecule has 0 radical (unpaired) electrons. The summed E-state index contributed by atoms with van der Waals surface area (Å²) < 4.78 is 2.58. The smallest absolute Gasteiger partial charge is 0.0487 e. The average Bonchev–Trinajstić information content (AvgIpc) is 2.49. The van der Waals surface area contributed by atoms with Crippen LogP contribution in [0.3, 0.4) is 0 Å². The van der Waals surface area contributed by atoms with Gasteiger partial charge in [-0.2, -0.15) is 0 Å². The van der Waals surface area contributed by atoms with Gasteiger partial charge in [0.2, 0.25) is 0 Å². The molecule has 0 saturated heterocycles.